The number of nitrogens with zero attached hydrogens (tertiary/aromatic N) is 1. The number of halogens is 1. The summed E-state index contributed by atoms with van der Waals surface area (Å²) in [7, 11) is 0. The normalized spacial score (nSPS) is 20.8. The highest BCUT2D eigenvalue weighted by molar-refractivity contribution is 6.30. The van der Waals surface area contributed by atoms with Gasteiger partial charge in [-0.3, -0.25) is 4.99 Å². The Balaban J connectivity index is 2.39. The first-order valence-electron chi connectivity index (χ1n) is 6.03. The molecule has 0 fully saturated rings. The van der Waals surface area contributed by atoms with E-state index in [9.17, 15) is 4.79 Å². The lowest BCUT2D eigenvalue weighted by molar-refractivity contribution is -0.117. The topological polar surface area (TPSA) is 29.4 Å². The summed E-state index contributed by atoms with van der Waals surface area (Å²) in [4.78, 5) is 15.7. The van der Waals surface area contributed by atoms with Crippen molar-refractivity contribution in [3.8, 4) is 0 Å². The molecule has 2 nitrogen and oxygen atoms in total. The van der Waals surface area contributed by atoms with Gasteiger partial charge in [-0.05, 0) is 43.5 Å². The molecule has 1 aliphatic heterocycles. The predicted molar refractivity (Wildman–Crippen MR) is 76.0 cm³/mol. The molecule has 1 aromatic rings. The van der Waals surface area contributed by atoms with Crippen LogP contribution in [0, 0.1) is 0 Å². The summed E-state index contributed by atoms with van der Waals surface area (Å²) in [5, 5.41) is 0.704. The minimum Gasteiger partial charge on any atom is -0.300 e. The van der Waals surface area contributed by atoms with E-state index < -0.39 is 0 Å². The summed E-state index contributed by atoms with van der Waals surface area (Å²) >= 11 is 6.07. The number of Topliss-reactive ketones (excluding diaryl/α,β-unsaturated/α-hetero) is 1. The second-order valence-corrected chi connectivity index (χ2v) is 5.21. The van der Waals surface area contributed by atoms with Crippen molar-refractivity contribution >= 4 is 29.3 Å². The molecule has 1 aromatic carbocycles. The Labute approximate surface area is 112 Å². The first-order chi connectivity index (χ1) is 8.57. The number of ketones is 1. The van der Waals surface area contributed by atoms with Gasteiger partial charge >= 0.3 is 0 Å². The van der Waals surface area contributed by atoms with Crippen molar-refractivity contribution in [1.29, 1.82) is 0 Å². The summed E-state index contributed by atoms with van der Waals surface area (Å²) < 4.78 is 0. The molecule has 18 heavy (non-hydrogen) atoms. The summed E-state index contributed by atoms with van der Waals surface area (Å²) in [6.45, 7) is 5.43. The molecule has 1 atom stereocenters. The van der Waals surface area contributed by atoms with E-state index in [0.717, 1.165) is 24.1 Å². The van der Waals surface area contributed by atoms with E-state index in [1.165, 1.54) is 0 Å². The Kier molecular flexibility index (Phi) is 3.67. The maximum absolute atomic E-state index is 11.2. The molecule has 1 heterocycles. The third-order valence-corrected chi connectivity index (χ3v) is 3.61. The van der Waals surface area contributed by atoms with E-state index in [-0.39, 0.29) is 11.2 Å². The van der Waals surface area contributed by atoms with Crippen LogP contribution >= 0.6 is 11.6 Å². The van der Waals surface area contributed by atoms with Crippen molar-refractivity contribution in [3.05, 3.63) is 41.4 Å². The van der Waals surface area contributed by atoms with Crippen LogP contribution in [-0.4, -0.2) is 12.0 Å². The Morgan fingerprint density at radius 2 is 2.33 bits per heavy atom. The molecular weight excluding hydrogens is 246 g/mol. The van der Waals surface area contributed by atoms with Crippen molar-refractivity contribution < 1.29 is 4.79 Å². The zero-order chi connectivity index (χ0) is 13.2. The fourth-order valence-electron chi connectivity index (χ4n) is 2.40. The Morgan fingerprint density at radius 3 is 3.00 bits per heavy atom. The first kappa shape index (κ1) is 13.0. The minimum atomic E-state index is -0.215. The van der Waals surface area contributed by atoms with Gasteiger partial charge in [0.15, 0.2) is 0 Å². The molecule has 0 bridgehead atoms. The molecule has 94 valence electrons. The van der Waals surface area contributed by atoms with Gasteiger partial charge in [-0.15, -0.1) is 6.58 Å². The fourth-order valence-corrected chi connectivity index (χ4v) is 2.57. The quantitative estimate of drug-likeness (QED) is 0.729. The molecule has 0 spiro atoms. The number of fused-ring (bicyclic) bond motifs is 1. The number of aliphatic imine (C=N–C) groups is 1. The van der Waals surface area contributed by atoms with Gasteiger partial charge in [-0.25, -0.2) is 0 Å². The standard InChI is InChI=1S/C15H16ClNO/c1-3-7-15(8-6-11(2)18)10-17-14-5-4-12(16)9-13(14)15/h3-5,9-10H,1,6-8H2,2H3/t15-/m1/s1. The zero-order valence-corrected chi connectivity index (χ0v) is 11.2. The molecular formula is C15H16ClNO. The van der Waals surface area contributed by atoms with Crippen molar-refractivity contribution in [3.63, 3.8) is 0 Å². The van der Waals surface area contributed by atoms with E-state index >= 15 is 0 Å². The number of hydrogen-bond acceptors (Lipinski definition) is 2. The molecule has 2 rings (SSSR count). The number of carbonyl (C=O) groups is 1. The van der Waals surface area contributed by atoms with Gasteiger partial charge in [0.1, 0.15) is 5.78 Å². The van der Waals surface area contributed by atoms with Crippen LogP contribution in [0.1, 0.15) is 31.7 Å². The Morgan fingerprint density at radius 1 is 1.56 bits per heavy atom. The predicted octanol–water partition coefficient (Wildman–Crippen LogP) is 4.24. The van der Waals surface area contributed by atoms with Crippen LogP contribution in [0.25, 0.3) is 0 Å². The molecule has 0 unspecified atom stereocenters. The van der Waals surface area contributed by atoms with Gasteiger partial charge in [0.05, 0.1) is 5.69 Å². The summed E-state index contributed by atoms with van der Waals surface area (Å²) in [5.74, 6) is 0.197. The lowest BCUT2D eigenvalue weighted by Crippen LogP contribution is -2.25. The van der Waals surface area contributed by atoms with Gasteiger partial charge in [-0.2, -0.15) is 0 Å². The monoisotopic (exact) mass is 261 g/mol. The number of benzene rings is 1. The first-order valence-corrected chi connectivity index (χ1v) is 6.41. The van der Waals surface area contributed by atoms with Crippen LogP contribution in [0.2, 0.25) is 5.02 Å². The second kappa shape index (κ2) is 5.07. The molecule has 0 saturated heterocycles. The smallest absolute Gasteiger partial charge is 0.129 e. The van der Waals surface area contributed by atoms with Crippen LogP contribution in [-0.2, 0) is 10.2 Å². The van der Waals surface area contributed by atoms with E-state index in [4.69, 9.17) is 11.6 Å². The second-order valence-electron chi connectivity index (χ2n) is 4.77. The van der Waals surface area contributed by atoms with Crippen molar-refractivity contribution in [1.82, 2.24) is 0 Å². The molecule has 0 aliphatic carbocycles. The maximum Gasteiger partial charge on any atom is 0.129 e. The van der Waals surface area contributed by atoms with Gasteiger partial charge in [0.25, 0.3) is 0 Å². The molecule has 0 N–H and O–H groups in total. The Bertz CT molecular complexity index is 521. The van der Waals surface area contributed by atoms with Crippen molar-refractivity contribution in [2.24, 2.45) is 4.99 Å². The molecule has 0 saturated carbocycles. The van der Waals surface area contributed by atoms with E-state index in [1.54, 1.807) is 6.92 Å². The Hall–Kier alpha value is -1.41. The summed E-state index contributed by atoms with van der Waals surface area (Å²) in [5.41, 5.74) is 1.84. The van der Waals surface area contributed by atoms with Gasteiger partial charge in [0.2, 0.25) is 0 Å². The van der Waals surface area contributed by atoms with Crippen LogP contribution < -0.4 is 0 Å². The fraction of sp³-hybridized carbons (Fsp3) is 0.333. The summed E-state index contributed by atoms with van der Waals surface area (Å²) in [6.07, 6.45) is 5.90. The number of hydrogen-bond donors (Lipinski definition) is 0. The van der Waals surface area contributed by atoms with Crippen molar-refractivity contribution in [2.75, 3.05) is 0 Å². The molecule has 3 heteroatoms. The van der Waals surface area contributed by atoms with Crippen LogP contribution in [0.4, 0.5) is 5.69 Å². The van der Waals surface area contributed by atoms with Crippen LogP contribution in [0.3, 0.4) is 0 Å². The van der Waals surface area contributed by atoms with Gasteiger partial charge in [-0.1, -0.05) is 17.7 Å². The third-order valence-electron chi connectivity index (χ3n) is 3.38. The molecule has 1 aliphatic rings. The van der Waals surface area contributed by atoms with Crippen LogP contribution in [0.15, 0.2) is 35.8 Å². The lowest BCUT2D eigenvalue weighted by Gasteiger charge is -2.26. The molecule has 0 aromatic heterocycles. The van der Waals surface area contributed by atoms with Gasteiger partial charge in [0, 0.05) is 23.1 Å². The number of carbonyl (C=O) groups excluding carboxylic acids is 1. The number of rotatable bonds is 5. The highest BCUT2D eigenvalue weighted by Gasteiger charge is 2.35. The maximum atomic E-state index is 11.2. The van der Waals surface area contributed by atoms with E-state index in [0.29, 0.717) is 11.4 Å². The lowest BCUT2D eigenvalue weighted by atomic mass is 9.75. The van der Waals surface area contributed by atoms with Crippen LogP contribution in [0.5, 0.6) is 0 Å². The molecule has 0 amide bonds. The third kappa shape index (κ3) is 2.39. The highest BCUT2D eigenvalue weighted by Crippen LogP contribution is 2.43. The number of allylic oxidation sites excluding steroid dienone is 1. The SMILES string of the molecule is C=CC[C@@]1(CCC(C)=O)C=Nc2ccc(Cl)cc21. The average molecular weight is 262 g/mol. The zero-order valence-electron chi connectivity index (χ0n) is 10.4. The molecule has 0 radical (unpaired) electrons. The van der Waals surface area contributed by atoms with E-state index in [1.807, 2.05) is 30.5 Å². The highest BCUT2D eigenvalue weighted by atomic mass is 35.5. The average Bonchev–Trinajstić information content (AvgIpc) is 2.67. The largest absolute Gasteiger partial charge is 0.300 e. The van der Waals surface area contributed by atoms with E-state index in [2.05, 4.69) is 11.6 Å². The van der Waals surface area contributed by atoms with Gasteiger partial charge < -0.3 is 4.79 Å². The van der Waals surface area contributed by atoms with Crippen molar-refractivity contribution in [2.45, 2.75) is 31.6 Å². The summed E-state index contributed by atoms with van der Waals surface area (Å²) in [6, 6.07) is 5.72. The minimum absolute atomic E-state index is 0.197.